The Balaban J connectivity index is 1.13. The molecular weight excluding hydrogens is 434 g/mol. The highest BCUT2D eigenvalue weighted by Gasteiger charge is 2.53. The van der Waals surface area contributed by atoms with E-state index >= 15 is 0 Å². The molecule has 3 N–H and O–H groups in total. The first-order valence-corrected chi connectivity index (χ1v) is 11.9. The van der Waals surface area contributed by atoms with Crippen molar-refractivity contribution in [2.24, 2.45) is 5.73 Å². The third-order valence-electron chi connectivity index (χ3n) is 7.88. The molecule has 6 rings (SSSR count). The number of nitrogens with two attached hydrogens (primary N) is 1. The summed E-state index contributed by atoms with van der Waals surface area (Å²) in [5.41, 5.74) is 9.61. The van der Waals surface area contributed by atoms with Gasteiger partial charge in [-0.2, -0.15) is 10.5 Å². The van der Waals surface area contributed by atoms with Crippen molar-refractivity contribution in [1.29, 1.82) is 5.26 Å². The number of fused-ring (bicyclic) bond motifs is 3. The largest absolute Gasteiger partial charge is 0.330 e. The zero-order chi connectivity index (χ0) is 23.4. The minimum absolute atomic E-state index is 0.0789. The fourth-order valence-corrected chi connectivity index (χ4v) is 6.32. The van der Waals surface area contributed by atoms with Gasteiger partial charge in [0.2, 0.25) is 17.6 Å². The van der Waals surface area contributed by atoms with Crippen molar-refractivity contribution in [1.82, 2.24) is 35.3 Å². The number of nitrogens with one attached hydrogen (secondary N) is 1. The topological polar surface area (TPSA) is 148 Å². The van der Waals surface area contributed by atoms with Crippen LogP contribution < -0.4 is 5.73 Å². The number of benzene rings is 1. The van der Waals surface area contributed by atoms with Gasteiger partial charge in [-0.1, -0.05) is 12.1 Å². The van der Waals surface area contributed by atoms with E-state index in [2.05, 4.69) is 48.6 Å². The van der Waals surface area contributed by atoms with Crippen LogP contribution >= 0.6 is 0 Å². The maximum Gasteiger partial charge on any atom is 0.241 e. The van der Waals surface area contributed by atoms with Gasteiger partial charge in [0.25, 0.3) is 0 Å². The molecule has 2 bridgehead atoms. The first kappa shape index (κ1) is 21.2. The molecule has 1 aromatic carbocycles. The standard InChI is InChI=1S/C23H27N9O2/c24-10-15-2-1-7-31(15)22(33)18(25)12-30-11-16-9-20(30)23(34)32(16)19-6-4-13-8-14(3-5-17(13)19)21-26-28-29-27-21/h3,5,8,15-16,18-20H,1-2,4,6-7,9,11-12,25H2,(H,26,27,28,29)/t15-,16+,18-,19-,20+/m0/s1. The van der Waals surface area contributed by atoms with Crippen LogP contribution in [0.15, 0.2) is 18.2 Å². The molecule has 0 saturated carbocycles. The molecule has 3 saturated heterocycles. The van der Waals surface area contributed by atoms with E-state index in [0.717, 1.165) is 37.8 Å². The second-order valence-corrected chi connectivity index (χ2v) is 9.73. The lowest BCUT2D eigenvalue weighted by Crippen LogP contribution is -2.56. The van der Waals surface area contributed by atoms with Crippen LogP contribution in [-0.2, 0) is 16.0 Å². The molecular formula is C23H27N9O2. The highest BCUT2D eigenvalue weighted by Crippen LogP contribution is 2.44. The summed E-state index contributed by atoms with van der Waals surface area (Å²) in [5.74, 6) is 0.518. The van der Waals surface area contributed by atoms with Gasteiger partial charge in [0, 0.05) is 31.2 Å². The number of piperazine rings is 1. The van der Waals surface area contributed by atoms with Crippen LogP contribution in [0, 0.1) is 11.3 Å². The van der Waals surface area contributed by atoms with Crippen LogP contribution in [-0.4, -0.2) is 90.9 Å². The summed E-state index contributed by atoms with van der Waals surface area (Å²) in [6.45, 7) is 1.66. The number of nitrogens with zero attached hydrogens (tertiary/aromatic N) is 7. The third kappa shape index (κ3) is 3.28. The van der Waals surface area contributed by atoms with Crippen molar-refractivity contribution in [3.8, 4) is 17.5 Å². The molecule has 0 radical (unpaired) electrons. The molecule has 4 aliphatic rings. The number of hydrogen-bond donors (Lipinski definition) is 2. The number of likely N-dealkylation sites (tertiary alicyclic amines) is 3. The van der Waals surface area contributed by atoms with E-state index in [0.29, 0.717) is 25.3 Å². The molecule has 34 heavy (non-hydrogen) atoms. The van der Waals surface area contributed by atoms with Gasteiger partial charge < -0.3 is 15.5 Å². The van der Waals surface area contributed by atoms with E-state index in [9.17, 15) is 14.9 Å². The first-order chi connectivity index (χ1) is 16.5. The van der Waals surface area contributed by atoms with Crippen molar-refractivity contribution in [2.45, 2.75) is 62.3 Å². The normalized spacial score (nSPS) is 29.0. The number of carbonyl (C=O) groups excluding carboxylic acids is 2. The number of H-pyrrole nitrogens is 1. The number of tetrazole rings is 1. The average Bonchev–Trinajstić information content (AvgIpc) is 3.66. The number of aromatic amines is 1. The van der Waals surface area contributed by atoms with Crippen LogP contribution in [0.2, 0.25) is 0 Å². The molecule has 2 amide bonds. The summed E-state index contributed by atoms with van der Waals surface area (Å²) in [7, 11) is 0. The molecule has 176 valence electrons. The maximum absolute atomic E-state index is 13.4. The quantitative estimate of drug-likeness (QED) is 0.631. The van der Waals surface area contributed by atoms with E-state index in [4.69, 9.17) is 5.73 Å². The van der Waals surface area contributed by atoms with Crippen LogP contribution in [0.25, 0.3) is 11.4 Å². The molecule has 2 aromatic rings. The highest BCUT2D eigenvalue weighted by molar-refractivity contribution is 5.87. The summed E-state index contributed by atoms with van der Waals surface area (Å²) >= 11 is 0. The van der Waals surface area contributed by atoms with Crippen LogP contribution in [0.5, 0.6) is 0 Å². The average molecular weight is 462 g/mol. The minimum atomic E-state index is -0.717. The second-order valence-electron chi connectivity index (χ2n) is 9.73. The Bertz CT molecular complexity index is 1160. The lowest BCUT2D eigenvalue weighted by atomic mass is 10.0. The Morgan fingerprint density at radius 1 is 1.32 bits per heavy atom. The van der Waals surface area contributed by atoms with Gasteiger partial charge in [-0.15, -0.1) is 10.2 Å². The summed E-state index contributed by atoms with van der Waals surface area (Å²) in [5, 5.41) is 23.5. The Kier molecular flexibility index (Phi) is 5.08. The fourth-order valence-electron chi connectivity index (χ4n) is 6.32. The van der Waals surface area contributed by atoms with Crippen LogP contribution in [0.3, 0.4) is 0 Å². The number of aromatic nitrogens is 4. The SMILES string of the molecule is N#C[C@@H]1CCCN1C(=O)[C@@H](N)CN1C[C@H]2C[C@@H]1C(=O)N2[C@H]1CCc2cc(-c3nn[nH]n3)ccc21. The van der Waals surface area contributed by atoms with Crippen molar-refractivity contribution in [2.75, 3.05) is 19.6 Å². The molecule has 3 aliphatic heterocycles. The Hall–Kier alpha value is -3.36. The third-order valence-corrected chi connectivity index (χ3v) is 7.88. The maximum atomic E-state index is 13.4. The number of hydrogen-bond acceptors (Lipinski definition) is 8. The monoisotopic (exact) mass is 461 g/mol. The molecule has 5 atom stereocenters. The van der Waals surface area contributed by atoms with Crippen molar-refractivity contribution in [3.63, 3.8) is 0 Å². The lowest BCUT2D eigenvalue weighted by molar-refractivity contribution is -0.141. The first-order valence-electron chi connectivity index (χ1n) is 11.9. The molecule has 3 fully saturated rings. The molecule has 11 nitrogen and oxygen atoms in total. The van der Waals surface area contributed by atoms with Crippen LogP contribution in [0.1, 0.15) is 42.9 Å². The number of carbonyl (C=O) groups is 2. The number of nitriles is 1. The van der Waals surface area contributed by atoms with Gasteiger partial charge in [-0.25, -0.2) is 0 Å². The summed E-state index contributed by atoms with van der Waals surface area (Å²) in [4.78, 5) is 32.0. The van der Waals surface area contributed by atoms with Crippen molar-refractivity contribution in [3.05, 3.63) is 29.3 Å². The Morgan fingerprint density at radius 3 is 2.97 bits per heavy atom. The van der Waals surface area contributed by atoms with E-state index < -0.39 is 6.04 Å². The molecule has 4 heterocycles. The molecule has 1 aromatic heterocycles. The van der Waals surface area contributed by atoms with Gasteiger partial charge in [0.05, 0.1) is 24.2 Å². The molecule has 0 spiro atoms. The fraction of sp³-hybridized carbons (Fsp3) is 0.565. The predicted molar refractivity (Wildman–Crippen MR) is 120 cm³/mol. The van der Waals surface area contributed by atoms with Crippen molar-refractivity contribution < 1.29 is 9.59 Å². The van der Waals surface area contributed by atoms with Gasteiger partial charge in [-0.3, -0.25) is 14.5 Å². The smallest absolute Gasteiger partial charge is 0.241 e. The van der Waals surface area contributed by atoms with Gasteiger partial charge in [0.15, 0.2) is 0 Å². The van der Waals surface area contributed by atoms with Crippen molar-refractivity contribution >= 4 is 11.8 Å². The van der Waals surface area contributed by atoms with E-state index in [1.165, 1.54) is 11.1 Å². The van der Waals surface area contributed by atoms with Crippen LogP contribution in [0.4, 0.5) is 0 Å². The zero-order valence-corrected chi connectivity index (χ0v) is 18.8. The predicted octanol–water partition coefficient (Wildman–Crippen LogP) is -0.0190. The summed E-state index contributed by atoms with van der Waals surface area (Å²) in [6, 6.07) is 7.26. The van der Waals surface area contributed by atoms with E-state index in [1.807, 2.05) is 6.07 Å². The summed E-state index contributed by atoms with van der Waals surface area (Å²) in [6.07, 6.45) is 4.12. The highest BCUT2D eigenvalue weighted by atomic mass is 16.2. The number of amides is 2. The summed E-state index contributed by atoms with van der Waals surface area (Å²) < 4.78 is 0. The van der Waals surface area contributed by atoms with Gasteiger partial charge in [-0.05, 0) is 54.5 Å². The van der Waals surface area contributed by atoms with Gasteiger partial charge in [0.1, 0.15) is 6.04 Å². The molecule has 1 aliphatic carbocycles. The van der Waals surface area contributed by atoms with E-state index in [1.54, 1.807) is 4.90 Å². The van der Waals surface area contributed by atoms with Gasteiger partial charge >= 0.3 is 0 Å². The molecule has 11 heteroatoms. The molecule has 0 unspecified atom stereocenters. The minimum Gasteiger partial charge on any atom is -0.330 e. The zero-order valence-electron chi connectivity index (χ0n) is 18.8. The second kappa shape index (κ2) is 8.14. The lowest BCUT2D eigenvalue weighted by Gasteiger charge is -2.38. The van der Waals surface area contributed by atoms with E-state index in [-0.39, 0.29) is 36.0 Å². The Labute approximate surface area is 196 Å². The number of aryl methyl sites for hydroxylation is 1. The number of rotatable bonds is 5. The Morgan fingerprint density at radius 2 is 2.21 bits per heavy atom.